The summed E-state index contributed by atoms with van der Waals surface area (Å²) >= 11 is 12.1. The zero-order chi connectivity index (χ0) is 19.2. The highest BCUT2D eigenvalue weighted by Crippen LogP contribution is 2.32. The Morgan fingerprint density at radius 1 is 1.19 bits per heavy atom. The molecule has 1 aliphatic rings. The molecule has 0 saturated carbocycles. The van der Waals surface area contributed by atoms with Crippen molar-refractivity contribution in [2.45, 2.75) is 25.3 Å². The van der Waals surface area contributed by atoms with Crippen LogP contribution in [0.4, 0.5) is 0 Å². The van der Waals surface area contributed by atoms with E-state index < -0.39 is 0 Å². The van der Waals surface area contributed by atoms with Gasteiger partial charge in [0.05, 0.1) is 17.2 Å². The van der Waals surface area contributed by atoms with Gasteiger partial charge in [0.25, 0.3) is 0 Å². The SMILES string of the molecule is COC(=O)C=Cc1ccc([C@@H]2CCCN2CCc2ccc(Cl)c(Cl)c2)cc1. The molecule has 3 nitrogen and oxygen atoms in total. The first-order valence-electron chi connectivity index (χ1n) is 9.11. The van der Waals surface area contributed by atoms with Gasteiger partial charge in [0.1, 0.15) is 0 Å². The largest absolute Gasteiger partial charge is 0.466 e. The lowest BCUT2D eigenvalue weighted by atomic mass is 10.0. The van der Waals surface area contributed by atoms with Gasteiger partial charge in [-0.05, 0) is 60.7 Å². The standard InChI is InChI=1S/C22H23Cl2NO2/c1-27-22(26)11-7-16-4-8-18(9-5-16)21-3-2-13-25(21)14-12-17-6-10-19(23)20(24)15-17/h4-11,15,21H,2-3,12-14H2,1H3/t21-/m0/s1. The van der Waals surface area contributed by atoms with Crippen LogP contribution in [0.5, 0.6) is 0 Å². The van der Waals surface area contributed by atoms with Gasteiger partial charge >= 0.3 is 5.97 Å². The van der Waals surface area contributed by atoms with Gasteiger partial charge < -0.3 is 4.74 Å². The van der Waals surface area contributed by atoms with Crippen molar-refractivity contribution in [2.24, 2.45) is 0 Å². The number of carbonyl (C=O) groups is 1. The van der Waals surface area contributed by atoms with E-state index in [2.05, 4.69) is 21.8 Å². The Hall–Kier alpha value is -1.81. The molecule has 142 valence electrons. The lowest BCUT2D eigenvalue weighted by Crippen LogP contribution is -2.25. The van der Waals surface area contributed by atoms with Crippen LogP contribution >= 0.6 is 23.2 Å². The van der Waals surface area contributed by atoms with Gasteiger partial charge in [-0.25, -0.2) is 4.79 Å². The summed E-state index contributed by atoms with van der Waals surface area (Å²) in [6.45, 7) is 2.10. The normalized spacial score (nSPS) is 17.5. The molecule has 0 N–H and O–H groups in total. The van der Waals surface area contributed by atoms with E-state index in [1.54, 1.807) is 6.08 Å². The van der Waals surface area contributed by atoms with Crippen LogP contribution in [0.15, 0.2) is 48.5 Å². The number of esters is 1. The molecule has 2 aromatic carbocycles. The summed E-state index contributed by atoms with van der Waals surface area (Å²) in [4.78, 5) is 13.7. The summed E-state index contributed by atoms with van der Waals surface area (Å²) < 4.78 is 4.62. The molecule has 0 bridgehead atoms. The molecule has 1 aliphatic heterocycles. The van der Waals surface area contributed by atoms with E-state index in [1.807, 2.05) is 30.3 Å². The monoisotopic (exact) mass is 403 g/mol. The highest BCUT2D eigenvalue weighted by atomic mass is 35.5. The Kier molecular flexibility index (Phi) is 6.95. The molecule has 0 unspecified atom stereocenters. The fourth-order valence-electron chi connectivity index (χ4n) is 3.50. The Morgan fingerprint density at radius 3 is 2.67 bits per heavy atom. The summed E-state index contributed by atoms with van der Waals surface area (Å²) in [7, 11) is 1.38. The van der Waals surface area contributed by atoms with Crippen LogP contribution in [0.3, 0.4) is 0 Å². The fourth-order valence-corrected chi connectivity index (χ4v) is 3.82. The molecule has 3 rings (SSSR count). The molecule has 0 aromatic heterocycles. The van der Waals surface area contributed by atoms with Crippen molar-refractivity contribution in [2.75, 3.05) is 20.2 Å². The van der Waals surface area contributed by atoms with E-state index >= 15 is 0 Å². The molecule has 5 heteroatoms. The quantitative estimate of drug-likeness (QED) is 0.466. The van der Waals surface area contributed by atoms with Crippen molar-refractivity contribution < 1.29 is 9.53 Å². The highest BCUT2D eigenvalue weighted by Gasteiger charge is 2.25. The fraction of sp³-hybridized carbons (Fsp3) is 0.318. The van der Waals surface area contributed by atoms with E-state index in [0.29, 0.717) is 16.1 Å². The van der Waals surface area contributed by atoms with Crippen molar-refractivity contribution >= 4 is 35.2 Å². The second-order valence-corrected chi connectivity index (χ2v) is 7.53. The summed E-state index contributed by atoms with van der Waals surface area (Å²) in [5.74, 6) is -0.344. The number of nitrogens with zero attached hydrogens (tertiary/aromatic N) is 1. The van der Waals surface area contributed by atoms with Crippen LogP contribution < -0.4 is 0 Å². The van der Waals surface area contributed by atoms with E-state index in [1.165, 1.54) is 37.2 Å². The van der Waals surface area contributed by atoms with E-state index in [4.69, 9.17) is 23.2 Å². The number of halogens is 2. The number of ether oxygens (including phenoxy) is 1. The Morgan fingerprint density at radius 2 is 1.96 bits per heavy atom. The average Bonchev–Trinajstić information content (AvgIpc) is 3.16. The summed E-state index contributed by atoms with van der Waals surface area (Å²) in [6.07, 6.45) is 6.53. The lowest BCUT2D eigenvalue weighted by Gasteiger charge is -2.25. The van der Waals surface area contributed by atoms with Crippen LogP contribution in [0.2, 0.25) is 10.0 Å². The zero-order valence-electron chi connectivity index (χ0n) is 15.3. The Labute approximate surface area is 170 Å². The first kappa shape index (κ1) is 19.9. The maximum Gasteiger partial charge on any atom is 0.330 e. The molecule has 0 radical (unpaired) electrons. The second kappa shape index (κ2) is 9.41. The number of carbonyl (C=O) groups excluding carboxylic acids is 1. The topological polar surface area (TPSA) is 29.5 Å². The zero-order valence-corrected chi connectivity index (χ0v) is 16.8. The minimum Gasteiger partial charge on any atom is -0.466 e. The molecule has 0 aliphatic carbocycles. The molecule has 2 aromatic rings. The van der Waals surface area contributed by atoms with Crippen molar-refractivity contribution in [1.82, 2.24) is 4.90 Å². The van der Waals surface area contributed by atoms with Crippen molar-refractivity contribution in [3.63, 3.8) is 0 Å². The smallest absolute Gasteiger partial charge is 0.330 e. The van der Waals surface area contributed by atoms with Crippen LogP contribution in [0, 0.1) is 0 Å². The van der Waals surface area contributed by atoms with Gasteiger partial charge in [0.2, 0.25) is 0 Å². The molecule has 1 atom stereocenters. The minimum absolute atomic E-state index is 0.344. The van der Waals surface area contributed by atoms with Crippen LogP contribution in [0.25, 0.3) is 6.08 Å². The first-order chi connectivity index (χ1) is 13.1. The predicted octanol–water partition coefficient (Wildman–Crippen LogP) is 5.56. The molecule has 1 fully saturated rings. The molecular formula is C22H23Cl2NO2. The van der Waals surface area contributed by atoms with Crippen LogP contribution in [-0.2, 0) is 16.0 Å². The third-order valence-corrected chi connectivity index (χ3v) is 5.71. The number of hydrogen-bond acceptors (Lipinski definition) is 3. The minimum atomic E-state index is -0.344. The molecule has 1 heterocycles. The summed E-state index contributed by atoms with van der Waals surface area (Å²) in [5.41, 5.74) is 3.51. The molecule has 1 saturated heterocycles. The third kappa shape index (κ3) is 5.35. The van der Waals surface area contributed by atoms with Crippen LogP contribution in [0.1, 0.15) is 35.6 Å². The van der Waals surface area contributed by atoms with Gasteiger partial charge in [-0.2, -0.15) is 0 Å². The summed E-state index contributed by atoms with van der Waals surface area (Å²) in [6, 6.07) is 14.7. The molecule has 27 heavy (non-hydrogen) atoms. The van der Waals surface area contributed by atoms with Gasteiger partial charge in [0, 0.05) is 18.7 Å². The van der Waals surface area contributed by atoms with Crippen LogP contribution in [-0.4, -0.2) is 31.1 Å². The van der Waals surface area contributed by atoms with E-state index in [9.17, 15) is 4.79 Å². The van der Waals surface area contributed by atoms with Gasteiger partial charge in [0.15, 0.2) is 0 Å². The Bertz CT molecular complexity index is 818. The number of benzene rings is 2. The molecule has 0 spiro atoms. The average molecular weight is 404 g/mol. The maximum absolute atomic E-state index is 11.2. The second-order valence-electron chi connectivity index (χ2n) is 6.72. The summed E-state index contributed by atoms with van der Waals surface area (Å²) in [5, 5.41) is 1.21. The maximum atomic E-state index is 11.2. The van der Waals surface area contributed by atoms with Gasteiger partial charge in [-0.3, -0.25) is 4.90 Å². The van der Waals surface area contributed by atoms with Gasteiger partial charge in [-0.1, -0.05) is 53.5 Å². The Balaban J connectivity index is 1.62. The van der Waals surface area contributed by atoms with Crippen molar-refractivity contribution in [3.8, 4) is 0 Å². The predicted molar refractivity (Wildman–Crippen MR) is 111 cm³/mol. The van der Waals surface area contributed by atoms with E-state index in [-0.39, 0.29) is 5.97 Å². The molecule has 0 amide bonds. The third-order valence-electron chi connectivity index (χ3n) is 4.97. The van der Waals surface area contributed by atoms with Crippen molar-refractivity contribution in [3.05, 3.63) is 75.3 Å². The first-order valence-corrected chi connectivity index (χ1v) is 9.86. The number of hydrogen-bond donors (Lipinski definition) is 0. The molecular weight excluding hydrogens is 381 g/mol. The number of rotatable bonds is 6. The van der Waals surface area contributed by atoms with Crippen molar-refractivity contribution in [1.29, 1.82) is 0 Å². The number of methoxy groups -OCH3 is 1. The van der Waals surface area contributed by atoms with Gasteiger partial charge in [-0.15, -0.1) is 0 Å². The lowest BCUT2D eigenvalue weighted by molar-refractivity contribution is -0.134. The van der Waals surface area contributed by atoms with E-state index in [0.717, 1.165) is 25.1 Å². The highest BCUT2D eigenvalue weighted by molar-refractivity contribution is 6.42. The number of likely N-dealkylation sites (tertiary alicyclic amines) is 1.